The zero-order valence-corrected chi connectivity index (χ0v) is 19.7. The molecule has 2 amide bonds. The normalized spacial score (nSPS) is 15.0. The van der Waals surface area contributed by atoms with E-state index in [1.807, 2.05) is 42.5 Å². The highest BCUT2D eigenvalue weighted by atomic mass is 79.9. The summed E-state index contributed by atoms with van der Waals surface area (Å²) in [6.45, 7) is 0.125. The Morgan fingerprint density at radius 1 is 1.06 bits per heavy atom. The maximum Gasteiger partial charge on any atom is 0.293 e. The van der Waals surface area contributed by atoms with Crippen LogP contribution in [0.15, 0.2) is 76.1 Å². The number of carbonyl (C=O) groups is 2. The van der Waals surface area contributed by atoms with Gasteiger partial charge < -0.3 is 4.74 Å². The first kappa shape index (κ1) is 22.6. The molecule has 32 heavy (non-hydrogen) atoms. The maximum atomic E-state index is 14.1. The van der Waals surface area contributed by atoms with Crippen LogP contribution in [-0.2, 0) is 17.9 Å². The molecule has 0 N–H and O–H groups in total. The van der Waals surface area contributed by atoms with Crippen LogP contribution in [0.4, 0.5) is 9.18 Å². The molecule has 0 unspecified atom stereocenters. The number of amides is 2. The molecule has 0 radical (unpaired) electrons. The number of carbonyl (C=O) groups excluding carboxylic acids is 2. The summed E-state index contributed by atoms with van der Waals surface area (Å²) in [5.74, 6) is -0.501. The summed E-state index contributed by atoms with van der Waals surface area (Å²) in [4.78, 5) is 26.6. The van der Waals surface area contributed by atoms with E-state index in [0.29, 0.717) is 17.9 Å². The lowest BCUT2D eigenvalue weighted by atomic mass is 10.1. The van der Waals surface area contributed by atoms with Crippen LogP contribution < -0.4 is 4.74 Å². The lowest BCUT2D eigenvalue weighted by Crippen LogP contribution is -2.28. The highest BCUT2D eigenvalue weighted by Gasteiger charge is 2.36. The Hall–Kier alpha value is -2.61. The standard InChI is InChI=1S/C24H16BrClFNO3S/c25-17-9-10-21(31-14-15-5-2-1-3-6-15)16(11-17)12-22-23(29)28(24(30)32-22)13-18-19(26)7-4-8-20(18)27/h1-12H,13-14H2/b22-12+. The minimum atomic E-state index is -0.566. The number of ether oxygens (including phenoxy) is 1. The van der Waals surface area contributed by atoms with E-state index >= 15 is 0 Å². The Bertz CT molecular complexity index is 1200. The summed E-state index contributed by atoms with van der Waals surface area (Å²) in [5.41, 5.74) is 1.75. The monoisotopic (exact) mass is 531 g/mol. The molecule has 1 saturated heterocycles. The van der Waals surface area contributed by atoms with Crippen molar-refractivity contribution in [2.75, 3.05) is 0 Å². The highest BCUT2D eigenvalue weighted by molar-refractivity contribution is 9.10. The molecule has 0 saturated carbocycles. The quantitative estimate of drug-likeness (QED) is 0.319. The average Bonchev–Trinajstić information content (AvgIpc) is 3.03. The van der Waals surface area contributed by atoms with E-state index in [0.717, 1.165) is 26.7 Å². The van der Waals surface area contributed by atoms with E-state index in [2.05, 4.69) is 15.9 Å². The van der Waals surface area contributed by atoms with Crippen molar-refractivity contribution in [3.63, 3.8) is 0 Å². The van der Waals surface area contributed by atoms with Gasteiger partial charge >= 0.3 is 0 Å². The Morgan fingerprint density at radius 3 is 2.59 bits per heavy atom. The predicted molar refractivity (Wildman–Crippen MR) is 128 cm³/mol. The van der Waals surface area contributed by atoms with Gasteiger partial charge in [0.25, 0.3) is 11.1 Å². The van der Waals surface area contributed by atoms with Crippen molar-refractivity contribution in [3.8, 4) is 5.75 Å². The zero-order valence-electron chi connectivity index (χ0n) is 16.6. The number of imide groups is 1. The Labute approximate surface area is 202 Å². The molecule has 1 heterocycles. The van der Waals surface area contributed by atoms with Crippen LogP contribution in [0.5, 0.6) is 5.75 Å². The van der Waals surface area contributed by atoms with Gasteiger partial charge in [0.2, 0.25) is 0 Å². The lowest BCUT2D eigenvalue weighted by molar-refractivity contribution is -0.123. The minimum Gasteiger partial charge on any atom is -0.488 e. The molecule has 3 aromatic rings. The van der Waals surface area contributed by atoms with E-state index in [-0.39, 0.29) is 22.0 Å². The van der Waals surface area contributed by atoms with Crippen LogP contribution >= 0.6 is 39.3 Å². The van der Waals surface area contributed by atoms with Gasteiger partial charge in [-0.3, -0.25) is 14.5 Å². The predicted octanol–water partition coefficient (Wildman–Crippen LogP) is 7.06. The summed E-state index contributed by atoms with van der Waals surface area (Å²) in [7, 11) is 0. The van der Waals surface area contributed by atoms with Crippen molar-refractivity contribution < 1.29 is 18.7 Å². The Morgan fingerprint density at radius 2 is 1.84 bits per heavy atom. The number of thioether (sulfide) groups is 1. The first-order chi connectivity index (χ1) is 15.4. The van der Waals surface area contributed by atoms with Crippen molar-refractivity contribution in [1.82, 2.24) is 4.90 Å². The van der Waals surface area contributed by atoms with Crippen LogP contribution in [0, 0.1) is 5.82 Å². The molecule has 0 bridgehead atoms. The van der Waals surface area contributed by atoms with Crippen molar-refractivity contribution in [2.45, 2.75) is 13.2 Å². The molecule has 1 aliphatic rings. The molecule has 3 aromatic carbocycles. The fourth-order valence-electron chi connectivity index (χ4n) is 3.12. The number of hydrogen-bond acceptors (Lipinski definition) is 4. The van der Waals surface area contributed by atoms with Crippen molar-refractivity contribution in [2.24, 2.45) is 0 Å². The van der Waals surface area contributed by atoms with E-state index in [1.54, 1.807) is 12.1 Å². The maximum absolute atomic E-state index is 14.1. The Kier molecular flexibility index (Phi) is 6.98. The molecule has 0 atom stereocenters. The molecule has 4 nitrogen and oxygen atoms in total. The average molecular weight is 533 g/mol. The molecular formula is C24H16BrClFNO3S. The van der Waals surface area contributed by atoms with Gasteiger partial charge in [-0.2, -0.15) is 0 Å². The molecule has 0 aromatic heterocycles. The van der Waals surface area contributed by atoms with Crippen molar-refractivity contribution >= 4 is 56.5 Å². The lowest BCUT2D eigenvalue weighted by Gasteiger charge is -2.14. The van der Waals surface area contributed by atoms with Crippen LogP contribution in [0.1, 0.15) is 16.7 Å². The minimum absolute atomic E-state index is 0.104. The first-order valence-corrected chi connectivity index (χ1v) is 11.6. The van der Waals surface area contributed by atoms with Gasteiger partial charge in [-0.1, -0.05) is 63.9 Å². The van der Waals surface area contributed by atoms with Crippen molar-refractivity contribution in [3.05, 3.63) is 104 Å². The third kappa shape index (κ3) is 5.06. The van der Waals surface area contributed by atoms with E-state index < -0.39 is 17.0 Å². The third-order valence-corrected chi connectivity index (χ3v) is 6.50. The van der Waals surface area contributed by atoms with Gasteiger partial charge in [-0.25, -0.2) is 4.39 Å². The summed E-state index contributed by atoms with van der Waals surface area (Å²) in [5, 5.41) is -0.320. The van der Waals surface area contributed by atoms with Gasteiger partial charge in [0.05, 0.1) is 11.4 Å². The van der Waals surface area contributed by atoms with Crippen LogP contribution in [0.25, 0.3) is 6.08 Å². The highest BCUT2D eigenvalue weighted by Crippen LogP contribution is 2.36. The molecule has 1 aliphatic heterocycles. The van der Waals surface area contributed by atoms with E-state index in [1.165, 1.54) is 18.2 Å². The smallest absolute Gasteiger partial charge is 0.293 e. The van der Waals surface area contributed by atoms with Gasteiger partial charge in [0.1, 0.15) is 18.2 Å². The fourth-order valence-corrected chi connectivity index (χ4v) is 4.55. The summed E-state index contributed by atoms with van der Waals surface area (Å²) >= 11 is 10.3. The fraction of sp³-hybridized carbons (Fsp3) is 0.0833. The molecule has 0 aliphatic carbocycles. The second-order valence-electron chi connectivity index (χ2n) is 6.92. The van der Waals surface area contributed by atoms with E-state index in [4.69, 9.17) is 16.3 Å². The topological polar surface area (TPSA) is 46.6 Å². The number of benzene rings is 3. The number of halogens is 3. The van der Waals surface area contributed by atoms with Crippen LogP contribution in [0.3, 0.4) is 0 Å². The summed E-state index contributed by atoms with van der Waals surface area (Å²) in [6, 6.07) is 19.4. The van der Waals surface area contributed by atoms with Gasteiger partial charge in [0, 0.05) is 20.6 Å². The second-order valence-corrected chi connectivity index (χ2v) is 9.24. The van der Waals surface area contributed by atoms with Gasteiger partial charge in [-0.15, -0.1) is 0 Å². The largest absolute Gasteiger partial charge is 0.488 e. The molecule has 162 valence electrons. The number of rotatable bonds is 6. The van der Waals surface area contributed by atoms with Gasteiger partial charge in [-0.05, 0) is 53.7 Å². The molecule has 4 rings (SSSR count). The molecular weight excluding hydrogens is 517 g/mol. The second kappa shape index (κ2) is 9.90. The SMILES string of the molecule is O=C1S/C(=C/c2cc(Br)ccc2OCc2ccccc2)C(=O)N1Cc1c(F)cccc1Cl. The first-order valence-electron chi connectivity index (χ1n) is 9.57. The van der Waals surface area contributed by atoms with Crippen molar-refractivity contribution in [1.29, 1.82) is 0 Å². The third-order valence-electron chi connectivity index (χ3n) is 4.75. The van der Waals surface area contributed by atoms with Gasteiger partial charge in [0.15, 0.2) is 0 Å². The van der Waals surface area contributed by atoms with E-state index in [9.17, 15) is 14.0 Å². The molecule has 1 fully saturated rings. The van der Waals surface area contributed by atoms with Crippen LogP contribution in [0.2, 0.25) is 5.02 Å². The molecule has 0 spiro atoms. The molecule has 8 heteroatoms. The number of nitrogens with zero attached hydrogens (tertiary/aromatic N) is 1. The zero-order chi connectivity index (χ0) is 22.7. The Balaban J connectivity index is 1.58. The van der Waals surface area contributed by atoms with Crippen LogP contribution in [-0.4, -0.2) is 16.0 Å². The summed E-state index contributed by atoms with van der Waals surface area (Å²) < 4.78 is 20.9. The summed E-state index contributed by atoms with van der Waals surface area (Å²) in [6.07, 6.45) is 1.61. The number of hydrogen-bond donors (Lipinski definition) is 0.